The van der Waals surface area contributed by atoms with Crippen molar-refractivity contribution >= 4 is 0 Å². The van der Waals surface area contributed by atoms with Gasteiger partial charge in [-0.2, -0.15) is 0 Å². The molecule has 0 aliphatic rings. The van der Waals surface area contributed by atoms with Crippen molar-refractivity contribution in [3.63, 3.8) is 0 Å². The standard InChI is InChI=1S/C12H15FO2/c1-9(2)3-4-15-12-6-10(8-14)5-11(13)7-12/h3,5-7,14H,4,8H2,1-2H3. The summed E-state index contributed by atoms with van der Waals surface area (Å²) in [4.78, 5) is 0. The molecule has 0 spiro atoms. The van der Waals surface area contributed by atoms with E-state index in [1.54, 1.807) is 6.07 Å². The Bertz CT molecular complexity index is 355. The lowest BCUT2D eigenvalue weighted by molar-refractivity contribution is 0.279. The Morgan fingerprint density at radius 3 is 2.73 bits per heavy atom. The molecule has 0 amide bonds. The molecule has 0 saturated carbocycles. The van der Waals surface area contributed by atoms with Gasteiger partial charge in [0, 0.05) is 6.07 Å². The molecule has 0 aromatic heterocycles. The van der Waals surface area contributed by atoms with Crippen LogP contribution in [0, 0.1) is 5.82 Å². The second kappa shape index (κ2) is 5.51. The highest BCUT2D eigenvalue weighted by atomic mass is 19.1. The van der Waals surface area contributed by atoms with Gasteiger partial charge in [-0.15, -0.1) is 0 Å². The first-order chi connectivity index (χ1) is 7.11. The normalized spacial score (nSPS) is 9.87. The van der Waals surface area contributed by atoms with Crippen LogP contribution in [0.3, 0.4) is 0 Å². The van der Waals surface area contributed by atoms with E-state index < -0.39 is 5.82 Å². The lowest BCUT2D eigenvalue weighted by atomic mass is 10.2. The molecule has 0 bridgehead atoms. The van der Waals surface area contributed by atoms with Gasteiger partial charge in [0.1, 0.15) is 18.2 Å². The molecule has 0 saturated heterocycles. The average Bonchev–Trinajstić information content (AvgIpc) is 2.16. The number of aliphatic hydroxyl groups excluding tert-OH is 1. The molecule has 15 heavy (non-hydrogen) atoms. The largest absolute Gasteiger partial charge is 0.489 e. The second-order valence-electron chi connectivity index (χ2n) is 3.55. The lowest BCUT2D eigenvalue weighted by Crippen LogP contribution is -1.96. The molecular formula is C12H15FO2. The third kappa shape index (κ3) is 4.13. The van der Waals surface area contributed by atoms with E-state index in [-0.39, 0.29) is 6.61 Å². The van der Waals surface area contributed by atoms with Gasteiger partial charge in [-0.25, -0.2) is 4.39 Å². The zero-order valence-corrected chi connectivity index (χ0v) is 8.96. The van der Waals surface area contributed by atoms with Crippen molar-refractivity contribution in [3.8, 4) is 5.75 Å². The van der Waals surface area contributed by atoms with Crippen LogP contribution < -0.4 is 4.74 Å². The molecule has 2 nitrogen and oxygen atoms in total. The first kappa shape index (κ1) is 11.7. The fourth-order valence-electron chi connectivity index (χ4n) is 1.10. The highest BCUT2D eigenvalue weighted by Gasteiger charge is 2.00. The van der Waals surface area contributed by atoms with Crippen molar-refractivity contribution in [2.24, 2.45) is 0 Å². The molecule has 0 fully saturated rings. The Hall–Kier alpha value is -1.35. The van der Waals surface area contributed by atoms with Gasteiger partial charge < -0.3 is 9.84 Å². The SMILES string of the molecule is CC(C)=CCOc1cc(F)cc(CO)c1. The molecule has 3 heteroatoms. The fraction of sp³-hybridized carbons (Fsp3) is 0.333. The van der Waals surface area contributed by atoms with E-state index >= 15 is 0 Å². The Balaban J connectivity index is 2.68. The molecule has 1 aromatic rings. The summed E-state index contributed by atoms with van der Waals surface area (Å²) in [6, 6.07) is 4.22. The highest BCUT2D eigenvalue weighted by molar-refractivity contribution is 5.29. The molecule has 0 aliphatic carbocycles. The van der Waals surface area contributed by atoms with Crippen LogP contribution in [-0.4, -0.2) is 11.7 Å². The molecule has 82 valence electrons. The van der Waals surface area contributed by atoms with E-state index in [2.05, 4.69) is 0 Å². The topological polar surface area (TPSA) is 29.5 Å². The minimum Gasteiger partial charge on any atom is -0.489 e. The highest BCUT2D eigenvalue weighted by Crippen LogP contribution is 2.16. The molecule has 0 radical (unpaired) electrons. The van der Waals surface area contributed by atoms with Gasteiger partial charge in [-0.3, -0.25) is 0 Å². The third-order valence-electron chi connectivity index (χ3n) is 1.86. The predicted molar refractivity (Wildman–Crippen MR) is 57.2 cm³/mol. The minimum atomic E-state index is -0.395. The predicted octanol–water partition coefficient (Wildman–Crippen LogP) is 2.66. The molecule has 1 N–H and O–H groups in total. The number of allylic oxidation sites excluding steroid dienone is 1. The van der Waals surface area contributed by atoms with Crippen molar-refractivity contribution in [2.75, 3.05) is 6.61 Å². The van der Waals surface area contributed by atoms with Gasteiger partial charge in [0.05, 0.1) is 6.61 Å². The number of hydrogen-bond acceptors (Lipinski definition) is 2. The van der Waals surface area contributed by atoms with E-state index in [0.717, 1.165) is 5.57 Å². The second-order valence-corrected chi connectivity index (χ2v) is 3.55. The van der Waals surface area contributed by atoms with Crippen molar-refractivity contribution in [1.82, 2.24) is 0 Å². The van der Waals surface area contributed by atoms with Crippen LogP contribution in [-0.2, 0) is 6.61 Å². The van der Waals surface area contributed by atoms with Crippen molar-refractivity contribution < 1.29 is 14.2 Å². The van der Waals surface area contributed by atoms with Crippen LogP contribution in [0.5, 0.6) is 5.75 Å². The van der Waals surface area contributed by atoms with Crippen LogP contribution in [0.25, 0.3) is 0 Å². The zero-order chi connectivity index (χ0) is 11.3. The first-order valence-corrected chi connectivity index (χ1v) is 4.78. The van der Waals surface area contributed by atoms with E-state index in [0.29, 0.717) is 17.9 Å². The number of aliphatic hydroxyl groups is 1. The average molecular weight is 210 g/mol. The number of benzene rings is 1. The van der Waals surface area contributed by atoms with Crippen molar-refractivity contribution in [2.45, 2.75) is 20.5 Å². The maximum Gasteiger partial charge on any atom is 0.127 e. The molecular weight excluding hydrogens is 195 g/mol. The Morgan fingerprint density at radius 2 is 2.13 bits per heavy atom. The number of hydrogen-bond donors (Lipinski definition) is 1. The van der Waals surface area contributed by atoms with Crippen molar-refractivity contribution in [1.29, 1.82) is 0 Å². The quantitative estimate of drug-likeness (QED) is 0.774. The van der Waals surface area contributed by atoms with Gasteiger partial charge >= 0.3 is 0 Å². The monoisotopic (exact) mass is 210 g/mol. The van der Waals surface area contributed by atoms with Crippen LogP contribution in [0.15, 0.2) is 29.8 Å². The van der Waals surface area contributed by atoms with Crippen LogP contribution in [0.2, 0.25) is 0 Å². The summed E-state index contributed by atoms with van der Waals surface area (Å²) in [5, 5.41) is 8.87. The number of ether oxygens (including phenoxy) is 1. The molecule has 0 heterocycles. The maximum absolute atomic E-state index is 13.0. The Morgan fingerprint density at radius 1 is 1.40 bits per heavy atom. The van der Waals surface area contributed by atoms with Gasteiger partial charge in [-0.05, 0) is 37.6 Å². The summed E-state index contributed by atoms with van der Waals surface area (Å²) in [5.74, 6) is 0.0466. The van der Waals surface area contributed by atoms with Gasteiger partial charge in [0.15, 0.2) is 0 Å². The minimum absolute atomic E-state index is 0.184. The third-order valence-corrected chi connectivity index (χ3v) is 1.86. The molecule has 0 atom stereocenters. The van der Waals surface area contributed by atoms with Crippen molar-refractivity contribution in [3.05, 3.63) is 41.2 Å². The smallest absolute Gasteiger partial charge is 0.127 e. The summed E-state index contributed by atoms with van der Waals surface area (Å²) in [5.41, 5.74) is 1.66. The number of halogens is 1. The van der Waals surface area contributed by atoms with Crippen LogP contribution in [0.4, 0.5) is 4.39 Å². The molecule has 0 unspecified atom stereocenters. The summed E-state index contributed by atoms with van der Waals surface area (Å²) in [6.07, 6.45) is 1.91. The molecule has 0 aliphatic heterocycles. The summed E-state index contributed by atoms with van der Waals surface area (Å²) < 4.78 is 18.3. The summed E-state index contributed by atoms with van der Waals surface area (Å²) >= 11 is 0. The summed E-state index contributed by atoms with van der Waals surface area (Å²) in [7, 11) is 0. The fourth-order valence-corrected chi connectivity index (χ4v) is 1.10. The van der Waals surface area contributed by atoms with E-state index in [9.17, 15) is 4.39 Å². The van der Waals surface area contributed by atoms with Gasteiger partial charge in [0.25, 0.3) is 0 Å². The van der Waals surface area contributed by atoms with E-state index in [1.807, 2.05) is 19.9 Å². The van der Waals surface area contributed by atoms with Gasteiger partial charge in [0.2, 0.25) is 0 Å². The van der Waals surface area contributed by atoms with E-state index in [1.165, 1.54) is 12.1 Å². The molecule has 1 aromatic carbocycles. The Labute approximate surface area is 89.0 Å². The van der Waals surface area contributed by atoms with Crippen LogP contribution in [0.1, 0.15) is 19.4 Å². The van der Waals surface area contributed by atoms with Gasteiger partial charge in [-0.1, -0.05) is 5.57 Å². The summed E-state index contributed by atoms with van der Waals surface area (Å²) in [6.45, 7) is 4.16. The number of rotatable bonds is 4. The first-order valence-electron chi connectivity index (χ1n) is 4.78. The molecule has 1 rings (SSSR count). The Kier molecular flexibility index (Phi) is 4.31. The van der Waals surface area contributed by atoms with Crippen LogP contribution >= 0.6 is 0 Å². The zero-order valence-electron chi connectivity index (χ0n) is 8.96. The maximum atomic E-state index is 13.0. The lowest BCUT2D eigenvalue weighted by Gasteiger charge is -2.05. The van der Waals surface area contributed by atoms with E-state index in [4.69, 9.17) is 9.84 Å².